The molecule has 1 aromatic heterocycles. The van der Waals surface area contributed by atoms with Crippen LogP contribution in [0.4, 0.5) is 10.5 Å². The molecule has 2 heterocycles. The number of anilines is 1. The van der Waals surface area contributed by atoms with Gasteiger partial charge in [-0.25, -0.2) is 9.78 Å². The molecule has 1 aliphatic rings. The number of rotatable bonds is 5. The number of urea groups is 1. The van der Waals surface area contributed by atoms with E-state index in [9.17, 15) is 4.79 Å². The number of halogens is 2. The Morgan fingerprint density at radius 1 is 1.12 bits per heavy atom. The van der Waals surface area contributed by atoms with Gasteiger partial charge in [-0.3, -0.25) is 0 Å². The van der Waals surface area contributed by atoms with E-state index in [4.69, 9.17) is 32.4 Å². The van der Waals surface area contributed by atoms with Crippen molar-refractivity contribution in [2.24, 2.45) is 0 Å². The molecule has 0 atom stereocenters. The van der Waals surface area contributed by atoms with Crippen LogP contribution in [0.1, 0.15) is 11.5 Å². The second-order valence-corrected chi connectivity index (χ2v) is 8.41. The van der Waals surface area contributed by atoms with Crippen LogP contribution in [0.5, 0.6) is 5.75 Å². The fourth-order valence-corrected chi connectivity index (χ4v) is 4.31. The number of aromatic nitrogens is 1. The molecule has 3 aromatic rings. The average molecular weight is 475 g/mol. The maximum Gasteiger partial charge on any atom is 0.317 e. The summed E-state index contributed by atoms with van der Waals surface area (Å²) in [6.45, 7) is 4.87. The number of nitrogens with one attached hydrogen (secondary N) is 1. The molecular formula is C23H24Cl2N4O3. The first-order valence-corrected chi connectivity index (χ1v) is 11.0. The molecular weight excluding hydrogens is 451 g/mol. The van der Waals surface area contributed by atoms with Gasteiger partial charge in [-0.1, -0.05) is 23.2 Å². The number of benzene rings is 2. The molecule has 7 nitrogen and oxygen atoms in total. The Bertz CT molecular complexity index is 1090. The van der Waals surface area contributed by atoms with Crippen LogP contribution in [0.15, 0.2) is 47.0 Å². The molecule has 1 aliphatic heterocycles. The molecule has 0 aliphatic carbocycles. The van der Waals surface area contributed by atoms with Crippen molar-refractivity contribution in [2.45, 2.75) is 13.5 Å². The highest BCUT2D eigenvalue weighted by Gasteiger charge is 2.22. The minimum absolute atomic E-state index is 0.102. The molecule has 1 fully saturated rings. The molecule has 0 radical (unpaired) electrons. The van der Waals surface area contributed by atoms with Crippen LogP contribution >= 0.6 is 23.2 Å². The molecule has 2 amide bonds. The lowest BCUT2D eigenvalue weighted by Crippen LogP contribution is -2.51. The Morgan fingerprint density at radius 2 is 1.84 bits per heavy atom. The molecule has 4 rings (SSSR count). The molecule has 0 spiro atoms. The van der Waals surface area contributed by atoms with Crippen molar-refractivity contribution in [3.63, 3.8) is 0 Å². The van der Waals surface area contributed by atoms with Crippen molar-refractivity contribution in [3.8, 4) is 17.1 Å². The second kappa shape index (κ2) is 9.71. The van der Waals surface area contributed by atoms with Gasteiger partial charge in [-0.15, -0.1) is 0 Å². The second-order valence-electron chi connectivity index (χ2n) is 7.54. The van der Waals surface area contributed by atoms with Gasteiger partial charge in [0, 0.05) is 61.4 Å². The number of aryl methyl sites for hydroxylation is 1. The zero-order valence-electron chi connectivity index (χ0n) is 17.9. The number of piperazine rings is 1. The zero-order chi connectivity index (χ0) is 22.7. The van der Waals surface area contributed by atoms with E-state index < -0.39 is 0 Å². The summed E-state index contributed by atoms with van der Waals surface area (Å²) in [6.07, 6.45) is 1.70. The van der Waals surface area contributed by atoms with Crippen molar-refractivity contribution >= 4 is 34.9 Å². The van der Waals surface area contributed by atoms with E-state index in [0.29, 0.717) is 41.3 Å². The van der Waals surface area contributed by atoms with Gasteiger partial charge in [0.15, 0.2) is 11.7 Å². The van der Waals surface area contributed by atoms with Crippen molar-refractivity contribution in [1.82, 2.24) is 15.2 Å². The predicted octanol–water partition coefficient (Wildman–Crippen LogP) is 5.00. The maximum absolute atomic E-state index is 12.6. The third kappa shape index (κ3) is 5.11. The Hall–Kier alpha value is -2.90. The SMILES string of the molecule is COc1cc(N2CCN(C(=O)NCc3cc(Cl)cc(Cl)c3)CC2)ccc1-c1cnc(C)o1. The van der Waals surface area contributed by atoms with Gasteiger partial charge in [-0.05, 0) is 35.9 Å². The lowest BCUT2D eigenvalue weighted by molar-refractivity contribution is 0.194. The van der Waals surface area contributed by atoms with Gasteiger partial charge < -0.3 is 24.3 Å². The third-order valence-electron chi connectivity index (χ3n) is 5.37. The summed E-state index contributed by atoms with van der Waals surface area (Å²) < 4.78 is 11.2. The van der Waals surface area contributed by atoms with Gasteiger partial charge in [0.2, 0.25) is 0 Å². The Kier molecular flexibility index (Phi) is 6.77. The van der Waals surface area contributed by atoms with Crippen LogP contribution in [0.2, 0.25) is 10.0 Å². The fraction of sp³-hybridized carbons (Fsp3) is 0.304. The molecule has 9 heteroatoms. The minimum Gasteiger partial charge on any atom is -0.496 e. The minimum atomic E-state index is -0.102. The molecule has 0 bridgehead atoms. The summed E-state index contributed by atoms with van der Waals surface area (Å²) in [4.78, 5) is 20.8. The molecule has 0 unspecified atom stereocenters. The van der Waals surface area contributed by atoms with Gasteiger partial charge in [0.1, 0.15) is 5.75 Å². The standard InChI is InChI=1S/C23H24Cl2N4O3/c1-15-26-14-22(32-15)20-4-3-19(12-21(20)31-2)28-5-7-29(8-6-28)23(30)27-13-16-9-17(24)11-18(25)10-16/h3-4,9-12,14H,5-8,13H2,1-2H3,(H,27,30). The fourth-order valence-electron chi connectivity index (χ4n) is 3.74. The molecule has 1 saturated heterocycles. The lowest BCUT2D eigenvalue weighted by atomic mass is 10.1. The van der Waals surface area contributed by atoms with Crippen LogP contribution in [-0.2, 0) is 6.54 Å². The highest BCUT2D eigenvalue weighted by Crippen LogP contribution is 2.34. The number of hydrogen-bond donors (Lipinski definition) is 1. The quantitative estimate of drug-likeness (QED) is 0.563. The van der Waals surface area contributed by atoms with E-state index >= 15 is 0 Å². The van der Waals surface area contributed by atoms with Crippen LogP contribution in [-0.4, -0.2) is 49.2 Å². The maximum atomic E-state index is 12.6. The van der Waals surface area contributed by atoms with Gasteiger partial charge >= 0.3 is 6.03 Å². The molecule has 0 saturated carbocycles. The van der Waals surface area contributed by atoms with E-state index in [-0.39, 0.29) is 6.03 Å². The number of hydrogen-bond acceptors (Lipinski definition) is 5. The van der Waals surface area contributed by atoms with Gasteiger partial charge in [0.05, 0.1) is 18.9 Å². The smallest absolute Gasteiger partial charge is 0.317 e. The van der Waals surface area contributed by atoms with E-state index in [1.54, 1.807) is 31.5 Å². The summed E-state index contributed by atoms with van der Waals surface area (Å²) in [5.74, 6) is 2.01. The normalized spacial score (nSPS) is 13.9. The first-order valence-electron chi connectivity index (χ1n) is 10.3. The first-order chi connectivity index (χ1) is 15.4. The summed E-state index contributed by atoms with van der Waals surface area (Å²) in [5.41, 5.74) is 2.76. The predicted molar refractivity (Wildman–Crippen MR) is 126 cm³/mol. The summed E-state index contributed by atoms with van der Waals surface area (Å²) in [6, 6.07) is 11.2. The lowest BCUT2D eigenvalue weighted by Gasteiger charge is -2.36. The third-order valence-corrected chi connectivity index (χ3v) is 5.81. The monoisotopic (exact) mass is 474 g/mol. The number of nitrogens with zero attached hydrogens (tertiary/aromatic N) is 3. The van der Waals surface area contributed by atoms with Crippen LogP contribution in [0.25, 0.3) is 11.3 Å². The topological polar surface area (TPSA) is 70.8 Å². The van der Waals surface area contributed by atoms with Crippen LogP contribution < -0.4 is 15.0 Å². The Balaban J connectivity index is 1.35. The van der Waals surface area contributed by atoms with Gasteiger partial charge in [0.25, 0.3) is 0 Å². The van der Waals surface area contributed by atoms with Crippen LogP contribution in [0.3, 0.4) is 0 Å². The highest BCUT2D eigenvalue weighted by molar-refractivity contribution is 6.34. The molecule has 2 aromatic carbocycles. The number of carbonyl (C=O) groups is 1. The van der Waals surface area contributed by atoms with Crippen LogP contribution in [0, 0.1) is 6.92 Å². The largest absolute Gasteiger partial charge is 0.496 e. The summed E-state index contributed by atoms with van der Waals surface area (Å²) >= 11 is 12.1. The number of oxazole rings is 1. The Labute approximate surface area is 196 Å². The van der Waals surface area contributed by atoms with Gasteiger partial charge in [-0.2, -0.15) is 0 Å². The molecule has 168 valence electrons. The summed E-state index contributed by atoms with van der Waals surface area (Å²) in [5, 5.41) is 4.04. The first kappa shape index (κ1) is 22.3. The van der Waals surface area contributed by atoms with Crippen molar-refractivity contribution in [2.75, 3.05) is 38.2 Å². The highest BCUT2D eigenvalue weighted by atomic mass is 35.5. The van der Waals surface area contributed by atoms with Crippen molar-refractivity contribution in [3.05, 3.63) is 64.1 Å². The summed E-state index contributed by atoms with van der Waals surface area (Å²) in [7, 11) is 1.64. The average Bonchev–Trinajstić information content (AvgIpc) is 3.22. The van der Waals surface area contributed by atoms with Crippen molar-refractivity contribution in [1.29, 1.82) is 0 Å². The van der Waals surface area contributed by atoms with E-state index in [2.05, 4.69) is 15.2 Å². The van der Waals surface area contributed by atoms with Crippen molar-refractivity contribution < 1.29 is 13.9 Å². The molecule has 32 heavy (non-hydrogen) atoms. The van der Waals surface area contributed by atoms with E-state index in [1.165, 1.54) is 0 Å². The Morgan fingerprint density at radius 3 is 2.47 bits per heavy atom. The zero-order valence-corrected chi connectivity index (χ0v) is 19.4. The number of ether oxygens (including phenoxy) is 1. The number of amides is 2. The van der Waals surface area contributed by atoms with E-state index in [0.717, 1.165) is 35.7 Å². The number of carbonyl (C=O) groups excluding carboxylic acids is 1. The van der Waals surface area contributed by atoms with E-state index in [1.807, 2.05) is 30.0 Å². The number of methoxy groups -OCH3 is 1. The molecule has 1 N–H and O–H groups in total.